The van der Waals surface area contributed by atoms with Crippen LogP contribution in [0.1, 0.15) is 38.5 Å². The van der Waals surface area contributed by atoms with E-state index in [1.54, 1.807) is 12.1 Å². The lowest BCUT2D eigenvalue weighted by Crippen LogP contribution is -2.56. The molecule has 2 N–H and O–H groups in total. The van der Waals surface area contributed by atoms with Gasteiger partial charge in [0.15, 0.2) is 9.84 Å². The van der Waals surface area contributed by atoms with Crippen molar-refractivity contribution in [2.45, 2.75) is 67.6 Å². The Morgan fingerprint density at radius 2 is 1.75 bits per heavy atom. The highest BCUT2D eigenvalue weighted by molar-refractivity contribution is 7.90. The Bertz CT molecular complexity index is 812. The van der Waals surface area contributed by atoms with E-state index in [0.717, 1.165) is 44.5 Å². The minimum Gasteiger partial charge on any atom is -0.393 e. The molecule has 2 amide bonds. The van der Waals surface area contributed by atoms with Crippen molar-refractivity contribution in [1.29, 1.82) is 0 Å². The van der Waals surface area contributed by atoms with E-state index >= 15 is 0 Å². The molecule has 4 rings (SSSR count). The zero-order valence-electron chi connectivity index (χ0n) is 16.3. The summed E-state index contributed by atoms with van der Waals surface area (Å²) in [4.78, 5) is 17.4. The van der Waals surface area contributed by atoms with E-state index in [2.05, 4.69) is 10.2 Å². The van der Waals surface area contributed by atoms with E-state index in [4.69, 9.17) is 0 Å². The summed E-state index contributed by atoms with van der Waals surface area (Å²) in [5.41, 5.74) is 0.979. The van der Waals surface area contributed by atoms with E-state index in [-0.39, 0.29) is 30.3 Å². The van der Waals surface area contributed by atoms with E-state index in [0.29, 0.717) is 17.7 Å². The quantitative estimate of drug-likeness (QED) is 0.797. The van der Waals surface area contributed by atoms with Gasteiger partial charge in [0.25, 0.3) is 0 Å². The van der Waals surface area contributed by atoms with Gasteiger partial charge in [0.05, 0.1) is 11.0 Å². The SMILES string of the molecule is CS(=O)(=O)c1ccc(N2CCC[C@H](NC(=O)N3C4CCC3CC(O)C4)C2)cc1. The summed E-state index contributed by atoms with van der Waals surface area (Å²) in [5, 5.41) is 13.1. The van der Waals surface area contributed by atoms with Gasteiger partial charge in [-0.25, -0.2) is 13.2 Å². The Labute approximate surface area is 166 Å². The van der Waals surface area contributed by atoms with Crippen LogP contribution in [0.25, 0.3) is 0 Å². The van der Waals surface area contributed by atoms with Gasteiger partial charge >= 0.3 is 6.03 Å². The van der Waals surface area contributed by atoms with Gasteiger partial charge in [-0.05, 0) is 62.8 Å². The zero-order chi connectivity index (χ0) is 19.9. The lowest BCUT2D eigenvalue weighted by atomic mass is 10.00. The standard InChI is InChI=1S/C20H29N3O4S/c1-28(26,27)19-8-6-15(7-9-19)22-10-2-3-14(13-22)21-20(25)23-16-4-5-17(23)12-18(24)11-16/h6-9,14,16-18,24H,2-5,10-13H2,1H3,(H,21,25)/t14-,16?,17?,18?/m0/s1. The molecule has 1 aromatic carbocycles. The number of piperidine rings is 2. The maximum atomic E-state index is 12.9. The molecule has 3 atom stereocenters. The van der Waals surface area contributed by atoms with Crippen molar-refractivity contribution in [3.05, 3.63) is 24.3 Å². The fraction of sp³-hybridized carbons (Fsp3) is 0.650. The van der Waals surface area contributed by atoms with Crippen molar-refractivity contribution < 1.29 is 18.3 Å². The molecule has 0 aliphatic carbocycles. The van der Waals surface area contributed by atoms with Crippen molar-refractivity contribution in [2.24, 2.45) is 0 Å². The van der Waals surface area contributed by atoms with Gasteiger partial charge in [0.1, 0.15) is 0 Å². The maximum absolute atomic E-state index is 12.9. The summed E-state index contributed by atoms with van der Waals surface area (Å²) in [7, 11) is -3.20. The van der Waals surface area contributed by atoms with Gasteiger partial charge in [-0.3, -0.25) is 0 Å². The third-order valence-electron chi connectivity index (χ3n) is 6.32. The second kappa shape index (κ2) is 7.55. The highest BCUT2D eigenvalue weighted by Crippen LogP contribution is 2.35. The van der Waals surface area contributed by atoms with Crippen LogP contribution in [0, 0.1) is 0 Å². The van der Waals surface area contributed by atoms with Crippen LogP contribution in [-0.4, -0.2) is 68.0 Å². The van der Waals surface area contributed by atoms with Crippen molar-refractivity contribution in [3.8, 4) is 0 Å². The van der Waals surface area contributed by atoms with Crippen LogP contribution in [0.3, 0.4) is 0 Å². The molecule has 28 heavy (non-hydrogen) atoms. The lowest BCUT2D eigenvalue weighted by Gasteiger charge is -2.40. The molecule has 1 aromatic rings. The number of hydrogen-bond acceptors (Lipinski definition) is 5. The van der Waals surface area contributed by atoms with Crippen LogP contribution in [0.2, 0.25) is 0 Å². The number of hydrogen-bond donors (Lipinski definition) is 2. The normalized spacial score (nSPS) is 30.4. The molecular formula is C20H29N3O4S. The Balaban J connectivity index is 1.38. The number of aliphatic hydroxyl groups is 1. The summed E-state index contributed by atoms with van der Waals surface area (Å²) in [5.74, 6) is 0. The molecule has 7 nitrogen and oxygen atoms in total. The molecular weight excluding hydrogens is 378 g/mol. The van der Waals surface area contributed by atoms with Crippen molar-refractivity contribution in [3.63, 3.8) is 0 Å². The predicted molar refractivity (Wildman–Crippen MR) is 107 cm³/mol. The fourth-order valence-electron chi connectivity index (χ4n) is 4.96. The van der Waals surface area contributed by atoms with Gasteiger partial charge in [0.2, 0.25) is 0 Å². The number of sulfone groups is 1. The van der Waals surface area contributed by atoms with Gasteiger partial charge < -0.3 is 20.2 Å². The van der Waals surface area contributed by atoms with E-state index < -0.39 is 9.84 Å². The number of anilines is 1. The maximum Gasteiger partial charge on any atom is 0.318 e. The molecule has 0 radical (unpaired) electrons. The van der Waals surface area contributed by atoms with E-state index in [9.17, 15) is 18.3 Å². The minimum absolute atomic E-state index is 0.00123. The van der Waals surface area contributed by atoms with Crippen molar-refractivity contribution >= 4 is 21.6 Å². The van der Waals surface area contributed by atoms with Gasteiger partial charge in [-0.2, -0.15) is 0 Å². The number of nitrogens with one attached hydrogen (secondary N) is 1. The van der Waals surface area contributed by atoms with Crippen LogP contribution in [0.4, 0.5) is 10.5 Å². The third-order valence-corrected chi connectivity index (χ3v) is 7.45. The number of urea groups is 1. The first-order chi connectivity index (χ1) is 13.3. The number of amides is 2. The Morgan fingerprint density at radius 1 is 1.11 bits per heavy atom. The number of carbonyl (C=O) groups excluding carboxylic acids is 1. The van der Waals surface area contributed by atoms with Crippen LogP contribution in [0.15, 0.2) is 29.2 Å². The molecule has 0 saturated carbocycles. The minimum atomic E-state index is -3.20. The molecule has 3 heterocycles. The van der Waals surface area contributed by atoms with Gasteiger partial charge in [0, 0.05) is 43.2 Å². The molecule has 3 fully saturated rings. The molecule has 3 aliphatic heterocycles. The van der Waals surface area contributed by atoms with Crippen LogP contribution >= 0.6 is 0 Å². The van der Waals surface area contributed by atoms with Crippen molar-refractivity contribution in [2.75, 3.05) is 24.2 Å². The fourth-order valence-corrected chi connectivity index (χ4v) is 5.59. The molecule has 0 spiro atoms. The highest BCUT2D eigenvalue weighted by Gasteiger charge is 2.43. The first kappa shape index (κ1) is 19.5. The highest BCUT2D eigenvalue weighted by atomic mass is 32.2. The number of aliphatic hydroxyl groups excluding tert-OH is 1. The summed E-state index contributed by atoms with van der Waals surface area (Å²) >= 11 is 0. The number of nitrogens with zero attached hydrogens (tertiary/aromatic N) is 2. The molecule has 8 heteroatoms. The number of rotatable bonds is 3. The average Bonchev–Trinajstić information content (AvgIpc) is 2.93. The Kier molecular flexibility index (Phi) is 5.26. The molecule has 3 saturated heterocycles. The average molecular weight is 408 g/mol. The smallest absolute Gasteiger partial charge is 0.318 e. The zero-order valence-corrected chi connectivity index (χ0v) is 17.1. The van der Waals surface area contributed by atoms with Crippen LogP contribution in [-0.2, 0) is 9.84 Å². The largest absolute Gasteiger partial charge is 0.393 e. The van der Waals surface area contributed by atoms with Crippen LogP contribution in [0.5, 0.6) is 0 Å². The Morgan fingerprint density at radius 3 is 2.36 bits per heavy atom. The molecule has 0 aromatic heterocycles. The molecule has 3 aliphatic rings. The Hall–Kier alpha value is -1.80. The van der Waals surface area contributed by atoms with E-state index in [1.807, 2.05) is 17.0 Å². The molecule has 2 bridgehead atoms. The number of benzene rings is 1. The van der Waals surface area contributed by atoms with E-state index in [1.165, 1.54) is 6.26 Å². The van der Waals surface area contributed by atoms with Gasteiger partial charge in [-0.15, -0.1) is 0 Å². The van der Waals surface area contributed by atoms with Crippen molar-refractivity contribution in [1.82, 2.24) is 10.2 Å². The monoisotopic (exact) mass is 407 g/mol. The lowest BCUT2D eigenvalue weighted by molar-refractivity contribution is 0.0533. The van der Waals surface area contributed by atoms with Crippen LogP contribution < -0.4 is 10.2 Å². The second-order valence-corrected chi connectivity index (χ2v) is 10.4. The number of carbonyl (C=O) groups is 1. The summed E-state index contributed by atoms with van der Waals surface area (Å²) in [6, 6.07) is 7.36. The summed E-state index contributed by atoms with van der Waals surface area (Å²) < 4.78 is 23.3. The summed E-state index contributed by atoms with van der Waals surface area (Å²) in [6.07, 6.45) is 6.19. The number of fused-ring (bicyclic) bond motifs is 2. The predicted octanol–water partition coefficient (Wildman–Crippen LogP) is 1.76. The second-order valence-electron chi connectivity index (χ2n) is 8.42. The molecule has 154 valence electrons. The first-order valence-electron chi connectivity index (χ1n) is 10.1. The van der Waals surface area contributed by atoms with Gasteiger partial charge in [-0.1, -0.05) is 0 Å². The first-order valence-corrected chi connectivity index (χ1v) is 12.0. The third kappa shape index (κ3) is 3.98. The molecule has 2 unspecified atom stereocenters. The summed E-state index contributed by atoms with van der Waals surface area (Å²) in [6.45, 7) is 1.61. The topological polar surface area (TPSA) is 90.0 Å².